The maximum Gasteiger partial charge on any atom is 0.277 e. The quantitative estimate of drug-likeness (QED) is 0.541. The van der Waals surface area contributed by atoms with E-state index in [9.17, 15) is 14.5 Å². The van der Waals surface area contributed by atoms with Crippen molar-refractivity contribution in [3.8, 4) is 5.75 Å². The predicted octanol–water partition coefficient (Wildman–Crippen LogP) is 4.84. The lowest BCUT2D eigenvalue weighted by Gasteiger charge is -2.08. The van der Waals surface area contributed by atoms with Gasteiger partial charge in [0.2, 0.25) is 0 Å². The molecule has 0 aliphatic heterocycles. The van der Waals surface area contributed by atoms with Gasteiger partial charge in [0, 0.05) is 15.0 Å². The third-order valence-electron chi connectivity index (χ3n) is 2.52. The molecule has 0 radical (unpaired) electrons. The summed E-state index contributed by atoms with van der Waals surface area (Å²) in [5, 5.41) is 11.0. The highest BCUT2D eigenvalue weighted by Gasteiger charge is 2.15. The number of benzene rings is 2. The molecule has 0 atom stereocenters. The molecule has 0 unspecified atom stereocenters. The third-order valence-corrected chi connectivity index (χ3v) is 3.51. The van der Waals surface area contributed by atoms with Gasteiger partial charge in [0.15, 0.2) is 11.6 Å². The molecule has 0 saturated carbocycles. The van der Waals surface area contributed by atoms with Gasteiger partial charge in [0.05, 0.1) is 10.5 Å². The van der Waals surface area contributed by atoms with Crippen molar-refractivity contribution >= 4 is 37.5 Å². The normalized spacial score (nSPS) is 10.3. The van der Waals surface area contributed by atoms with Crippen LogP contribution in [0.2, 0.25) is 0 Å². The van der Waals surface area contributed by atoms with E-state index in [1.165, 1.54) is 18.2 Å². The van der Waals surface area contributed by atoms with Gasteiger partial charge >= 0.3 is 0 Å². The first-order chi connectivity index (χ1) is 9.47. The second-order valence-corrected chi connectivity index (χ2v) is 5.72. The standard InChI is InChI=1S/C13H8Br2FNO3/c14-9-2-1-8(12(5-9)17(18)19)7-20-13-6-10(15)3-4-11(13)16/h1-6H,7H2. The third kappa shape index (κ3) is 3.55. The zero-order valence-corrected chi connectivity index (χ0v) is 13.1. The largest absolute Gasteiger partial charge is 0.486 e. The molecular formula is C13H8Br2FNO3. The molecule has 0 N–H and O–H groups in total. The summed E-state index contributed by atoms with van der Waals surface area (Å²) >= 11 is 6.38. The molecule has 4 nitrogen and oxygen atoms in total. The fraction of sp³-hybridized carbons (Fsp3) is 0.0769. The van der Waals surface area contributed by atoms with Gasteiger partial charge in [0.1, 0.15) is 6.61 Å². The minimum Gasteiger partial charge on any atom is -0.486 e. The fourth-order valence-electron chi connectivity index (χ4n) is 1.57. The lowest BCUT2D eigenvalue weighted by atomic mass is 10.2. The second kappa shape index (κ2) is 6.32. The Kier molecular flexibility index (Phi) is 4.72. The van der Waals surface area contributed by atoms with Gasteiger partial charge in [-0.25, -0.2) is 4.39 Å². The van der Waals surface area contributed by atoms with E-state index in [2.05, 4.69) is 31.9 Å². The van der Waals surface area contributed by atoms with Crippen molar-refractivity contribution in [2.75, 3.05) is 0 Å². The van der Waals surface area contributed by atoms with E-state index in [1.54, 1.807) is 18.2 Å². The highest BCUT2D eigenvalue weighted by Crippen LogP contribution is 2.27. The number of hydrogen-bond acceptors (Lipinski definition) is 3. The first kappa shape index (κ1) is 14.9. The van der Waals surface area contributed by atoms with Crippen LogP contribution in [0.15, 0.2) is 45.3 Å². The molecule has 0 amide bonds. The molecule has 0 spiro atoms. The zero-order valence-electron chi connectivity index (χ0n) is 9.98. The van der Waals surface area contributed by atoms with Crippen LogP contribution in [0, 0.1) is 15.9 Å². The maximum absolute atomic E-state index is 13.5. The van der Waals surface area contributed by atoms with E-state index in [-0.39, 0.29) is 18.0 Å². The van der Waals surface area contributed by atoms with Crippen LogP contribution in [0.25, 0.3) is 0 Å². The average Bonchev–Trinajstić information content (AvgIpc) is 2.40. The Morgan fingerprint density at radius 3 is 2.50 bits per heavy atom. The number of ether oxygens (including phenoxy) is 1. The first-order valence-electron chi connectivity index (χ1n) is 5.48. The summed E-state index contributed by atoms with van der Waals surface area (Å²) in [6.07, 6.45) is 0. The molecule has 7 heteroatoms. The molecule has 2 aromatic rings. The van der Waals surface area contributed by atoms with Crippen molar-refractivity contribution < 1.29 is 14.1 Å². The topological polar surface area (TPSA) is 52.4 Å². The number of halogens is 3. The van der Waals surface area contributed by atoms with Gasteiger partial charge in [-0.15, -0.1) is 0 Å². The second-order valence-electron chi connectivity index (χ2n) is 3.89. The summed E-state index contributed by atoms with van der Waals surface area (Å²) in [5.41, 5.74) is 0.298. The van der Waals surface area contributed by atoms with Crippen molar-refractivity contribution in [3.63, 3.8) is 0 Å². The highest BCUT2D eigenvalue weighted by atomic mass is 79.9. The van der Waals surface area contributed by atoms with Gasteiger partial charge in [-0.05, 0) is 30.3 Å². The van der Waals surface area contributed by atoms with E-state index in [4.69, 9.17) is 4.74 Å². The Labute approximate surface area is 131 Å². The van der Waals surface area contributed by atoms with Gasteiger partial charge in [-0.3, -0.25) is 10.1 Å². The summed E-state index contributed by atoms with van der Waals surface area (Å²) in [4.78, 5) is 10.5. The van der Waals surface area contributed by atoms with Crippen molar-refractivity contribution in [1.82, 2.24) is 0 Å². The molecule has 104 valence electrons. The molecule has 0 aliphatic rings. The molecule has 0 aliphatic carbocycles. The van der Waals surface area contributed by atoms with E-state index in [0.717, 1.165) is 0 Å². The Hall–Kier alpha value is -1.47. The molecule has 0 aromatic heterocycles. The SMILES string of the molecule is O=[N+]([O-])c1cc(Br)ccc1COc1cc(Br)ccc1F. The Morgan fingerprint density at radius 1 is 1.15 bits per heavy atom. The van der Waals surface area contributed by atoms with Gasteiger partial charge in [0.25, 0.3) is 5.69 Å². The fourth-order valence-corrected chi connectivity index (χ4v) is 2.26. The van der Waals surface area contributed by atoms with Crippen molar-refractivity contribution in [2.45, 2.75) is 6.61 Å². The average molecular weight is 405 g/mol. The van der Waals surface area contributed by atoms with E-state index in [1.807, 2.05) is 0 Å². The smallest absolute Gasteiger partial charge is 0.277 e. The Balaban J connectivity index is 2.23. The van der Waals surface area contributed by atoms with E-state index < -0.39 is 10.7 Å². The first-order valence-corrected chi connectivity index (χ1v) is 7.06. The molecule has 0 heterocycles. The maximum atomic E-state index is 13.5. The van der Waals surface area contributed by atoms with Crippen molar-refractivity contribution in [3.05, 3.63) is 66.8 Å². The minimum absolute atomic E-state index is 0.0385. The minimum atomic E-state index is -0.520. The van der Waals surface area contributed by atoms with Crippen LogP contribution in [-0.2, 0) is 6.61 Å². The van der Waals surface area contributed by atoms with Crippen LogP contribution in [0.4, 0.5) is 10.1 Å². The van der Waals surface area contributed by atoms with E-state index in [0.29, 0.717) is 14.5 Å². The Bertz CT molecular complexity index is 664. The van der Waals surface area contributed by atoms with Crippen molar-refractivity contribution in [2.24, 2.45) is 0 Å². The van der Waals surface area contributed by atoms with E-state index >= 15 is 0 Å². The number of nitro groups is 1. The van der Waals surface area contributed by atoms with Crippen LogP contribution in [-0.4, -0.2) is 4.92 Å². The molecule has 0 saturated heterocycles. The molecule has 0 bridgehead atoms. The van der Waals surface area contributed by atoms with Crippen LogP contribution in [0.1, 0.15) is 5.56 Å². The van der Waals surface area contributed by atoms with Crippen LogP contribution in [0.3, 0.4) is 0 Å². The number of hydrogen-bond donors (Lipinski definition) is 0. The van der Waals surface area contributed by atoms with Crippen LogP contribution >= 0.6 is 31.9 Å². The molecule has 0 fully saturated rings. The predicted molar refractivity (Wildman–Crippen MR) is 79.2 cm³/mol. The lowest BCUT2D eigenvalue weighted by Crippen LogP contribution is -2.01. The number of nitrogens with zero attached hydrogens (tertiary/aromatic N) is 1. The van der Waals surface area contributed by atoms with Crippen molar-refractivity contribution in [1.29, 1.82) is 0 Å². The van der Waals surface area contributed by atoms with Gasteiger partial charge < -0.3 is 4.74 Å². The molecule has 20 heavy (non-hydrogen) atoms. The lowest BCUT2D eigenvalue weighted by molar-refractivity contribution is -0.385. The summed E-state index contributed by atoms with van der Waals surface area (Å²) in [5.74, 6) is -0.482. The summed E-state index contributed by atoms with van der Waals surface area (Å²) in [6.45, 7) is -0.0863. The Morgan fingerprint density at radius 2 is 1.80 bits per heavy atom. The zero-order chi connectivity index (χ0) is 14.7. The van der Waals surface area contributed by atoms with Gasteiger partial charge in [-0.1, -0.05) is 31.9 Å². The molecule has 2 aromatic carbocycles. The highest BCUT2D eigenvalue weighted by molar-refractivity contribution is 9.10. The number of nitro benzene ring substituents is 1. The summed E-state index contributed by atoms with van der Waals surface area (Å²) < 4.78 is 20.1. The van der Waals surface area contributed by atoms with Crippen LogP contribution < -0.4 is 4.74 Å². The summed E-state index contributed by atoms with van der Waals surface area (Å²) in [6, 6.07) is 8.90. The molecule has 2 rings (SSSR count). The summed E-state index contributed by atoms with van der Waals surface area (Å²) in [7, 11) is 0. The van der Waals surface area contributed by atoms with Crippen LogP contribution in [0.5, 0.6) is 5.75 Å². The number of rotatable bonds is 4. The van der Waals surface area contributed by atoms with Gasteiger partial charge in [-0.2, -0.15) is 0 Å². The molecular weight excluding hydrogens is 397 g/mol. The monoisotopic (exact) mass is 403 g/mol.